The van der Waals surface area contributed by atoms with Crippen LogP contribution in [0, 0.1) is 0 Å². The predicted molar refractivity (Wildman–Crippen MR) is 73.3 cm³/mol. The molecule has 0 spiro atoms. The number of nitrogens with zero attached hydrogens (tertiary/aromatic N) is 3. The van der Waals surface area contributed by atoms with Crippen LogP contribution in [0.4, 0.5) is 5.69 Å². The number of carbonyl (C=O) groups is 1. The van der Waals surface area contributed by atoms with Crippen molar-refractivity contribution in [3.63, 3.8) is 0 Å². The molecule has 20 heavy (non-hydrogen) atoms. The maximum atomic E-state index is 12.5. The number of sulfonamides is 1. The fourth-order valence-corrected chi connectivity index (χ4v) is 3.95. The van der Waals surface area contributed by atoms with Crippen LogP contribution in [0.3, 0.4) is 0 Å². The summed E-state index contributed by atoms with van der Waals surface area (Å²) in [4.78, 5) is 19.1. The molecular formula is C11H11N3O4S2. The van der Waals surface area contributed by atoms with Crippen molar-refractivity contribution in [2.45, 2.75) is 4.21 Å². The fourth-order valence-electron chi connectivity index (χ4n) is 1.47. The van der Waals surface area contributed by atoms with Crippen molar-refractivity contribution in [1.29, 1.82) is 0 Å². The first-order valence-electron chi connectivity index (χ1n) is 5.39. The van der Waals surface area contributed by atoms with E-state index >= 15 is 0 Å². The van der Waals surface area contributed by atoms with Gasteiger partial charge in [0.2, 0.25) is 0 Å². The summed E-state index contributed by atoms with van der Waals surface area (Å²) < 4.78 is 30.4. The quantitative estimate of drug-likeness (QED) is 0.787. The highest BCUT2D eigenvalue weighted by atomic mass is 32.2. The Morgan fingerprint density at radius 3 is 2.60 bits per heavy atom. The van der Waals surface area contributed by atoms with Gasteiger partial charge in [-0.25, -0.2) is 18.2 Å². The second kappa shape index (κ2) is 5.55. The molecule has 0 unspecified atom stereocenters. The first-order chi connectivity index (χ1) is 9.48. The van der Waals surface area contributed by atoms with E-state index in [0.29, 0.717) is 5.69 Å². The van der Waals surface area contributed by atoms with Gasteiger partial charge in [0, 0.05) is 19.4 Å². The van der Waals surface area contributed by atoms with E-state index in [-0.39, 0.29) is 9.90 Å². The van der Waals surface area contributed by atoms with Gasteiger partial charge < -0.3 is 4.74 Å². The van der Waals surface area contributed by atoms with Crippen LogP contribution in [-0.4, -0.2) is 38.5 Å². The molecule has 0 saturated carbocycles. The van der Waals surface area contributed by atoms with Gasteiger partial charge in [-0.2, -0.15) is 0 Å². The number of hydrogen-bond donors (Lipinski definition) is 0. The SMILES string of the molecule is COC(=O)c1ncsc1S(=O)(=O)N(C)c1ccncc1. The number of carbonyl (C=O) groups excluding carboxylic acids is 1. The van der Waals surface area contributed by atoms with E-state index in [0.717, 1.165) is 15.6 Å². The minimum Gasteiger partial charge on any atom is -0.464 e. The van der Waals surface area contributed by atoms with Crippen LogP contribution in [0.5, 0.6) is 0 Å². The van der Waals surface area contributed by atoms with Crippen LogP contribution < -0.4 is 4.31 Å². The van der Waals surface area contributed by atoms with Crippen molar-refractivity contribution in [2.24, 2.45) is 0 Å². The minimum absolute atomic E-state index is 0.149. The van der Waals surface area contributed by atoms with Gasteiger partial charge in [0.15, 0.2) is 9.90 Å². The summed E-state index contributed by atoms with van der Waals surface area (Å²) >= 11 is 0.866. The summed E-state index contributed by atoms with van der Waals surface area (Å²) in [5.41, 5.74) is 1.52. The van der Waals surface area contributed by atoms with E-state index in [4.69, 9.17) is 0 Å². The lowest BCUT2D eigenvalue weighted by atomic mass is 10.4. The molecule has 0 aliphatic rings. The van der Waals surface area contributed by atoms with E-state index < -0.39 is 16.0 Å². The zero-order valence-electron chi connectivity index (χ0n) is 10.7. The lowest BCUT2D eigenvalue weighted by Crippen LogP contribution is -2.27. The molecule has 2 aromatic rings. The standard InChI is InChI=1S/C11H11N3O4S2/c1-14(8-3-5-12-6-4-8)20(16,17)11-9(10(15)18-2)13-7-19-11/h3-7H,1-2H3. The Labute approximate surface area is 119 Å². The molecule has 0 saturated heterocycles. The molecule has 0 bridgehead atoms. The molecule has 2 rings (SSSR count). The fraction of sp³-hybridized carbons (Fsp3) is 0.182. The van der Waals surface area contributed by atoms with Crippen LogP contribution in [-0.2, 0) is 14.8 Å². The van der Waals surface area contributed by atoms with Crippen LogP contribution >= 0.6 is 11.3 Å². The Morgan fingerprint density at radius 1 is 1.35 bits per heavy atom. The number of ether oxygens (including phenoxy) is 1. The molecule has 0 aliphatic heterocycles. The molecule has 7 nitrogen and oxygen atoms in total. The van der Waals surface area contributed by atoms with Gasteiger partial charge >= 0.3 is 5.97 Å². The first-order valence-corrected chi connectivity index (χ1v) is 7.71. The maximum Gasteiger partial charge on any atom is 0.358 e. The Balaban J connectivity index is 2.46. The number of pyridine rings is 1. The van der Waals surface area contributed by atoms with E-state index in [1.165, 1.54) is 32.1 Å². The smallest absolute Gasteiger partial charge is 0.358 e. The normalized spacial score (nSPS) is 11.1. The average Bonchev–Trinajstić information content (AvgIpc) is 2.96. The summed E-state index contributed by atoms with van der Waals surface area (Å²) in [7, 11) is -1.31. The molecule has 0 aliphatic carbocycles. The molecule has 2 aromatic heterocycles. The largest absolute Gasteiger partial charge is 0.464 e. The Bertz CT molecular complexity index is 712. The van der Waals surface area contributed by atoms with Gasteiger partial charge in [-0.1, -0.05) is 0 Å². The third kappa shape index (κ3) is 2.49. The summed E-state index contributed by atoms with van der Waals surface area (Å²) in [6.07, 6.45) is 2.96. The van der Waals surface area contributed by atoms with Crippen LogP contribution in [0.2, 0.25) is 0 Å². The second-order valence-corrected chi connectivity index (χ2v) is 6.68. The molecule has 0 atom stereocenters. The maximum absolute atomic E-state index is 12.5. The number of hydrogen-bond acceptors (Lipinski definition) is 7. The summed E-state index contributed by atoms with van der Waals surface area (Å²) in [6.45, 7) is 0. The molecular weight excluding hydrogens is 302 g/mol. The third-order valence-electron chi connectivity index (χ3n) is 2.53. The zero-order chi connectivity index (χ0) is 14.8. The molecule has 0 N–H and O–H groups in total. The van der Waals surface area contributed by atoms with E-state index in [1.807, 2.05) is 0 Å². The first kappa shape index (κ1) is 14.4. The van der Waals surface area contributed by atoms with E-state index in [1.54, 1.807) is 12.1 Å². The van der Waals surface area contributed by atoms with Crippen LogP contribution in [0.25, 0.3) is 0 Å². The molecule has 0 radical (unpaired) electrons. The molecule has 0 aromatic carbocycles. The zero-order valence-corrected chi connectivity index (χ0v) is 12.3. The van der Waals surface area contributed by atoms with Crippen molar-refractivity contribution in [1.82, 2.24) is 9.97 Å². The van der Waals surface area contributed by atoms with Crippen LogP contribution in [0.15, 0.2) is 34.2 Å². The highest BCUT2D eigenvalue weighted by Crippen LogP contribution is 2.27. The van der Waals surface area contributed by atoms with Crippen molar-refractivity contribution >= 4 is 33.0 Å². The highest BCUT2D eigenvalue weighted by Gasteiger charge is 2.30. The van der Waals surface area contributed by atoms with Gasteiger partial charge in [0.25, 0.3) is 10.0 Å². The lowest BCUT2D eigenvalue weighted by molar-refractivity contribution is 0.0590. The van der Waals surface area contributed by atoms with Crippen LogP contribution in [0.1, 0.15) is 10.5 Å². The molecule has 2 heterocycles. The number of anilines is 1. The van der Waals surface area contributed by atoms with Crippen molar-refractivity contribution in [2.75, 3.05) is 18.5 Å². The summed E-state index contributed by atoms with van der Waals surface area (Å²) in [5, 5.41) is 0. The van der Waals surface area contributed by atoms with Crippen molar-refractivity contribution in [3.8, 4) is 0 Å². The second-order valence-electron chi connectivity index (χ2n) is 3.66. The third-order valence-corrected chi connectivity index (χ3v) is 5.67. The minimum atomic E-state index is -3.87. The van der Waals surface area contributed by atoms with Gasteiger partial charge in [-0.15, -0.1) is 11.3 Å². The average molecular weight is 313 g/mol. The predicted octanol–water partition coefficient (Wildman–Crippen LogP) is 1.15. The number of methoxy groups -OCH3 is 1. The molecule has 106 valence electrons. The number of rotatable bonds is 4. The van der Waals surface area contributed by atoms with Crippen molar-refractivity contribution in [3.05, 3.63) is 35.7 Å². The Kier molecular flexibility index (Phi) is 4.00. The number of thiazole rings is 1. The molecule has 0 amide bonds. The number of aromatic nitrogens is 2. The van der Waals surface area contributed by atoms with Gasteiger partial charge in [0.1, 0.15) is 0 Å². The topological polar surface area (TPSA) is 89.5 Å². The monoisotopic (exact) mass is 313 g/mol. The molecule has 9 heteroatoms. The summed E-state index contributed by atoms with van der Waals surface area (Å²) in [6, 6.07) is 3.10. The van der Waals surface area contributed by atoms with Gasteiger partial charge in [-0.3, -0.25) is 9.29 Å². The lowest BCUT2D eigenvalue weighted by Gasteiger charge is -2.18. The van der Waals surface area contributed by atoms with E-state index in [9.17, 15) is 13.2 Å². The number of esters is 1. The van der Waals surface area contributed by atoms with Gasteiger partial charge in [-0.05, 0) is 12.1 Å². The van der Waals surface area contributed by atoms with Gasteiger partial charge in [0.05, 0.1) is 18.3 Å². The van der Waals surface area contributed by atoms with Crippen molar-refractivity contribution < 1.29 is 17.9 Å². The highest BCUT2D eigenvalue weighted by molar-refractivity contribution is 7.94. The Hall–Kier alpha value is -2.00. The Morgan fingerprint density at radius 2 is 2.00 bits per heavy atom. The van der Waals surface area contributed by atoms with E-state index in [2.05, 4.69) is 14.7 Å². The summed E-state index contributed by atoms with van der Waals surface area (Å²) in [5.74, 6) is -0.784. The molecule has 0 fully saturated rings.